The van der Waals surface area contributed by atoms with Gasteiger partial charge < -0.3 is 30.2 Å². The molecule has 0 spiro atoms. The van der Waals surface area contributed by atoms with Crippen LogP contribution in [-0.2, 0) is 26.0 Å². The zero-order chi connectivity index (χ0) is 30.1. The normalized spacial score (nSPS) is 13.8. The van der Waals surface area contributed by atoms with Crippen LogP contribution in [0.3, 0.4) is 0 Å². The first kappa shape index (κ1) is 30.7. The van der Waals surface area contributed by atoms with Gasteiger partial charge in [0.1, 0.15) is 10.6 Å². The lowest BCUT2D eigenvalue weighted by Gasteiger charge is -2.33. The van der Waals surface area contributed by atoms with Crippen LogP contribution in [0.2, 0.25) is 0 Å². The largest absolute Gasteiger partial charge is 0.493 e. The minimum atomic E-state index is -4.00. The van der Waals surface area contributed by atoms with Gasteiger partial charge in [0.2, 0.25) is 15.9 Å². The summed E-state index contributed by atoms with van der Waals surface area (Å²) in [6, 6.07) is 19.1. The van der Waals surface area contributed by atoms with Gasteiger partial charge >= 0.3 is 0 Å². The van der Waals surface area contributed by atoms with E-state index in [4.69, 9.17) is 19.9 Å². The van der Waals surface area contributed by atoms with Crippen molar-refractivity contribution in [3.63, 3.8) is 0 Å². The molecule has 0 radical (unpaired) electrons. The number of carbonyl (C=O) groups excluding carboxylic acids is 2. The van der Waals surface area contributed by atoms with Crippen LogP contribution < -0.4 is 34.9 Å². The number of amides is 2. The molecular formula is C30H36N4O7S. The first-order valence-electron chi connectivity index (χ1n) is 13.6. The second kappa shape index (κ2) is 14.1. The number of para-hydroxylation sites is 1. The molecule has 0 saturated carbocycles. The fraction of sp³-hybridized carbons (Fsp3) is 0.333. The molecule has 11 nitrogen and oxygen atoms in total. The minimum absolute atomic E-state index is 0.0223. The number of nitrogens with zero attached hydrogens (tertiary/aromatic N) is 1. The monoisotopic (exact) mass is 596 g/mol. The van der Waals surface area contributed by atoms with Gasteiger partial charge in [0, 0.05) is 31.2 Å². The van der Waals surface area contributed by atoms with E-state index in [0.717, 1.165) is 5.56 Å². The number of ether oxygens (including phenoxy) is 3. The number of carbonyl (C=O) groups is 2. The maximum atomic E-state index is 13.6. The third-order valence-corrected chi connectivity index (χ3v) is 8.53. The van der Waals surface area contributed by atoms with Crippen molar-refractivity contribution in [3.8, 4) is 17.2 Å². The second-order valence-corrected chi connectivity index (χ2v) is 11.6. The zero-order valence-electron chi connectivity index (χ0n) is 23.7. The van der Waals surface area contributed by atoms with Crippen molar-refractivity contribution >= 4 is 33.2 Å². The van der Waals surface area contributed by atoms with Crippen molar-refractivity contribution < 1.29 is 32.2 Å². The summed E-state index contributed by atoms with van der Waals surface area (Å²) in [6.45, 7) is 0.831. The van der Waals surface area contributed by atoms with E-state index in [9.17, 15) is 18.0 Å². The summed E-state index contributed by atoms with van der Waals surface area (Å²) in [5.74, 6) is 0.654. The molecule has 1 fully saturated rings. The Labute approximate surface area is 246 Å². The summed E-state index contributed by atoms with van der Waals surface area (Å²) in [6.07, 6.45) is 1.46. The third-order valence-electron chi connectivity index (χ3n) is 7.04. The molecule has 0 aromatic heterocycles. The van der Waals surface area contributed by atoms with Crippen molar-refractivity contribution in [2.75, 3.05) is 50.7 Å². The fourth-order valence-corrected chi connectivity index (χ4v) is 6.06. The Hall–Kier alpha value is -4.29. The van der Waals surface area contributed by atoms with Crippen molar-refractivity contribution in [1.29, 1.82) is 0 Å². The molecule has 224 valence electrons. The van der Waals surface area contributed by atoms with Crippen molar-refractivity contribution in [1.82, 2.24) is 4.72 Å². The van der Waals surface area contributed by atoms with Gasteiger partial charge in [0.05, 0.1) is 19.9 Å². The van der Waals surface area contributed by atoms with Crippen molar-refractivity contribution in [3.05, 3.63) is 72.3 Å². The number of sulfonamides is 1. The first-order chi connectivity index (χ1) is 20.2. The average molecular weight is 597 g/mol. The lowest BCUT2D eigenvalue weighted by Crippen LogP contribution is -2.39. The van der Waals surface area contributed by atoms with Crippen LogP contribution >= 0.6 is 0 Å². The number of piperidine rings is 1. The second-order valence-electron chi connectivity index (χ2n) is 9.83. The van der Waals surface area contributed by atoms with Crippen LogP contribution in [0.15, 0.2) is 71.6 Å². The predicted octanol–water partition coefficient (Wildman–Crippen LogP) is 2.94. The highest BCUT2D eigenvalue weighted by atomic mass is 32.2. The van der Waals surface area contributed by atoms with E-state index in [1.165, 1.54) is 13.2 Å². The molecule has 3 aromatic carbocycles. The average Bonchev–Trinajstić information content (AvgIpc) is 3.00. The Kier molecular flexibility index (Phi) is 10.3. The number of benzene rings is 3. The zero-order valence-corrected chi connectivity index (χ0v) is 24.5. The Morgan fingerprint density at radius 1 is 0.952 bits per heavy atom. The van der Waals surface area contributed by atoms with Gasteiger partial charge in [-0.1, -0.05) is 24.3 Å². The van der Waals surface area contributed by atoms with Crippen LogP contribution in [0.4, 0.5) is 11.4 Å². The molecule has 0 aliphatic carbocycles. The molecule has 2 amide bonds. The minimum Gasteiger partial charge on any atom is -0.493 e. The van der Waals surface area contributed by atoms with Crippen LogP contribution in [-0.4, -0.2) is 60.7 Å². The third kappa shape index (κ3) is 7.92. The van der Waals surface area contributed by atoms with Gasteiger partial charge in [-0.3, -0.25) is 9.59 Å². The molecule has 1 saturated heterocycles. The lowest BCUT2D eigenvalue weighted by atomic mass is 9.96. The molecule has 4 rings (SSSR count). The molecule has 12 heteroatoms. The lowest BCUT2D eigenvalue weighted by molar-refractivity contribution is -0.122. The molecule has 1 aliphatic heterocycles. The smallest absolute Gasteiger partial charge is 0.262 e. The van der Waals surface area contributed by atoms with Gasteiger partial charge in [0.15, 0.2) is 18.1 Å². The van der Waals surface area contributed by atoms with E-state index < -0.39 is 15.9 Å². The van der Waals surface area contributed by atoms with Crippen molar-refractivity contribution in [2.24, 2.45) is 11.7 Å². The van der Waals surface area contributed by atoms with Crippen LogP contribution in [0.25, 0.3) is 0 Å². The maximum absolute atomic E-state index is 13.6. The number of primary amides is 1. The van der Waals surface area contributed by atoms with Gasteiger partial charge in [0.25, 0.3) is 5.91 Å². The fourth-order valence-electron chi connectivity index (χ4n) is 4.78. The van der Waals surface area contributed by atoms with Crippen LogP contribution in [0.5, 0.6) is 17.2 Å². The van der Waals surface area contributed by atoms with Gasteiger partial charge in [-0.15, -0.1) is 0 Å². The summed E-state index contributed by atoms with van der Waals surface area (Å²) in [5.41, 5.74) is 7.15. The molecule has 42 heavy (non-hydrogen) atoms. The molecule has 0 unspecified atom stereocenters. The van der Waals surface area contributed by atoms with Crippen molar-refractivity contribution in [2.45, 2.75) is 24.2 Å². The molecule has 1 aliphatic rings. The summed E-state index contributed by atoms with van der Waals surface area (Å²) >= 11 is 0. The van der Waals surface area contributed by atoms with E-state index in [1.807, 2.05) is 17.0 Å². The highest BCUT2D eigenvalue weighted by Gasteiger charge is 2.28. The standard InChI is InChI=1S/C30H36N4O7S/c1-39-26-11-8-21(18-27(26)40-2)12-15-32-42(37,38)28-19-23(33-29(35)20-41-24-6-4-3-5-7-24)9-10-25(28)34-16-13-22(14-17-34)30(31)36/h3-11,18-19,22,32H,12-17,20H2,1-2H3,(H2,31,36)(H,33,35). The Morgan fingerprint density at radius 2 is 1.67 bits per heavy atom. The van der Waals surface area contributed by atoms with E-state index >= 15 is 0 Å². The topological polar surface area (TPSA) is 149 Å². The molecule has 0 bridgehead atoms. The highest BCUT2D eigenvalue weighted by Crippen LogP contribution is 2.32. The van der Waals surface area contributed by atoms with Gasteiger partial charge in [-0.2, -0.15) is 0 Å². The van der Waals surface area contributed by atoms with Crippen LogP contribution in [0, 0.1) is 5.92 Å². The van der Waals surface area contributed by atoms with Crippen LogP contribution in [0.1, 0.15) is 18.4 Å². The first-order valence-corrected chi connectivity index (χ1v) is 15.0. The number of hydrogen-bond acceptors (Lipinski definition) is 8. The molecule has 3 aromatic rings. The number of methoxy groups -OCH3 is 2. The number of nitrogens with two attached hydrogens (primary N) is 1. The molecule has 4 N–H and O–H groups in total. The number of hydrogen-bond donors (Lipinski definition) is 3. The Bertz CT molecular complexity index is 1490. The summed E-state index contributed by atoms with van der Waals surface area (Å²) in [7, 11) is -0.917. The van der Waals surface area contributed by atoms with E-state index in [0.29, 0.717) is 61.0 Å². The van der Waals surface area contributed by atoms with E-state index in [2.05, 4.69) is 10.0 Å². The van der Waals surface area contributed by atoms with E-state index in [1.54, 1.807) is 55.6 Å². The summed E-state index contributed by atoms with van der Waals surface area (Å²) in [4.78, 5) is 26.2. The quantitative estimate of drug-likeness (QED) is 0.273. The van der Waals surface area contributed by atoms with E-state index in [-0.39, 0.29) is 29.9 Å². The Morgan fingerprint density at radius 3 is 2.33 bits per heavy atom. The Balaban J connectivity index is 1.51. The number of rotatable bonds is 13. The van der Waals surface area contributed by atoms with Gasteiger partial charge in [-0.25, -0.2) is 13.1 Å². The maximum Gasteiger partial charge on any atom is 0.262 e. The predicted molar refractivity (Wildman–Crippen MR) is 160 cm³/mol. The number of nitrogens with one attached hydrogen (secondary N) is 2. The summed E-state index contributed by atoms with van der Waals surface area (Å²) < 4.78 is 46.1. The summed E-state index contributed by atoms with van der Waals surface area (Å²) in [5, 5.41) is 2.72. The molecular weight excluding hydrogens is 560 g/mol. The highest BCUT2D eigenvalue weighted by molar-refractivity contribution is 7.89. The number of anilines is 2. The SMILES string of the molecule is COc1ccc(CCNS(=O)(=O)c2cc(NC(=O)COc3ccccc3)ccc2N2CCC(C(N)=O)CC2)cc1OC. The van der Waals surface area contributed by atoms with Gasteiger partial charge in [-0.05, 0) is 67.3 Å². The molecule has 1 heterocycles. The molecule has 0 atom stereocenters.